The number of nitrogens with one attached hydrogen (secondary N) is 1. The lowest BCUT2D eigenvalue weighted by Gasteiger charge is -2.07. The zero-order valence-corrected chi connectivity index (χ0v) is 12.3. The molecule has 0 saturated heterocycles. The van der Waals surface area contributed by atoms with Gasteiger partial charge in [0.1, 0.15) is 0 Å². The molecular weight excluding hydrogens is 330 g/mol. The van der Waals surface area contributed by atoms with Gasteiger partial charge in [0.15, 0.2) is 0 Å². The molecule has 5 nitrogen and oxygen atoms in total. The van der Waals surface area contributed by atoms with Crippen LogP contribution in [0.1, 0.15) is 5.69 Å². The Kier molecular flexibility index (Phi) is 4.18. The molecule has 2 aromatic rings. The van der Waals surface area contributed by atoms with Gasteiger partial charge in [-0.05, 0) is 46.3 Å². The second-order valence-electron chi connectivity index (χ2n) is 3.89. The number of sulfonamides is 1. The van der Waals surface area contributed by atoms with Gasteiger partial charge in [0.25, 0.3) is 0 Å². The SMILES string of the molecule is NS(=O)(=O)c1cccc(NCc2ccc(Br)cn2)c1. The standard InChI is InChI=1S/C12H12BrN3O2S/c13-9-4-5-11(15-7-9)8-16-10-2-1-3-12(6-10)19(14,17)18/h1-7,16H,8H2,(H2,14,17,18). The quantitative estimate of drug-likeness (QED) is 0.891. The van der Waals surface area contributed by atoms with Crippen LogP contribution >= 0.6 is 15.9 Å². The number of halogens is 1. The first-order valence-electron chi connectivity index (χ1n) is 5.42. The minimum Gasteiger partial charge on any atom is -0.379 e. The van der Waals surface area contributed by atoms with Crippen LogP contribution < -0.4 is 10.5 Å². The van der Waals surface area contributed by atoms with Gasteiger partial charge in [-0.3, -0.25) is 4.98 Å². The van der Waals surface area contributed by atoms with Gasteiger partial charge < -0.3 is 5.32 Å². The van der Waals surface area contributed by atoms with Crippen LogP contribution in [0.25, 0.3) is 0 Å². The average Bonchev–Trinajstić information content (AvgIpc) is 2.37. The first-order chi connectivity index (χ1) is 8.95. The van der Waals surface area contributed by atoms with Crippen molar-refractivity contribution in [3.05, 3.63) is 52.8 Å². The molecule has 0 aliphatic rings. The van der Waals surface area contributed by atoms with Crippen molar-refractivity contribution in [1.82, 2.24) is 4.98 Å². The number of nitrogens with two attached hydrogens (primary N) is 1. The molecule has 0 aliphatic heterocycles. The molecule has 1 aromatic heterocycles. The van der Waals surface area contributed by atoms with E-state index in [2.05, 4.69) is 26.2 Å². The van der Waals surface area contributed by atoms with Crippen molar-refractivity contribution in [3.63, 3.8) is 0 Å². The first-order valence-corrected chi connectivity index (χ1v) is 7.76. The Morgan fingerprint density at radius 3 is 2.68 bits per heavy atom. The lowest BCUT2D eigenvalue weighted by Crippen LogP contribution is -2.12. The normalized spacial score (nSPS) is 11.3. The maximum absolute atomic E-state index is 11.2. The minimum absolute atomic E-state index is 0.0845. The first kappa shape index (κ1) is 14.0. The highest BCUT2D eigenvalue weighted by Crippen LogP contribution is 2.15. The van der Waals surface area contributed by atoms with Gasteiger partial charge in [0.05, 0.1) is 17.1 Å². The van der Waals surface area contributed by atoms with Gasteiger partial charge in [-0.1, -0.05) is 6.07 Å². The fourth-order valence-corrected chi connectivity index (χ4v) is 2.28. The van der Waals surface area contributed by atoms with Gasteiger partial charge >= 0.3 is 0 Å². The van der Waals surface area contributed by atoms with E-state index in [1.54, 1.807) is 18.3 Å². The molecule has 0 fully saturated rings. The Morgan fingerprint density at radius 2 is 2.05 bits per heavy atom. The summed E-state index contributed by atoms with van der Waals surface area (Å²) in [5, 5.41) is 8.17. The van der Waals surface area contributed by atoms with E-state index in [1.165, 1.54) is 12.1 Å². The van der Waals surface area contributed by atoms with Gasteiger partial charge in [-0.2, -0.15) is 0 Å². The van der Waals surface area contributed by atoms with Crippen molar-refractivity contribution in [1.29, 1.82) is 0 Å². The molecule has 0 atom stereocenters. The van der Waals surface area contributed by atoms with Crippen LogP contribution in [0.4, 0.5) is 5.69 Å². The molecule has 0 spiro atoms. The Bertz CT molecular complexity index is 672. The fraction of sp³-hybridized carbons (Fsp3) is 0.0833. The summed E-state index contributed by atoms with van der Waals surface area (Å²) in [4.78, 5) is 4.30. The van der Waals surface area contributed by atoms with E-state index in [4.69, 9.17) is 5.14 Å². The van der Waals surface area contributed by atoms with Gasteiger partial charge in [0, 0.05) is 16.4 Å². The summed E-state index contributed by atoms with van der Waals surface area (Å²) in [6.07, 6.45) is 1.71. The molecule has 0 aliphatic carbocycles. The Hall–Kier alpha value is -1.44. The predicted molar refractivity (Wildman–Crippen MR) is 77.1 cm³/mol. The van der Waals surface area contributed by atoms with Crippen LogP contribution in [0.3, 0.4) is 0 Å². The van der Waals surface area contributed by atoms with E-state index in [1.807, 2.05) is 12.1 Å². The van der Waals surface area contributed by atoms with Crippen molar-refractivity contribution < 1.29 is 8.42 Å². The van der Waals surface area contributed by atoms with Gasteiger partial charge in [-0.15, -0.1) is 0 Å². The average molecular weight is 342 g/mol. The van der Waals surface area contributed by atoms with Crippen molar-refractivity contribution in [2.75, 3.05) is 5.32 Å². The van der Waals surface area contributed by atoms with Gasteiger partial charge in [0.2, 0.25) is 10.0 Å². The number of primary sulfonamides is 1. The molecule has 3 N–H and O–H groups in total. The molecule has 0 unspecified atom stereocenters. The van der Waals surface area contributed by atoms with E-state index in [0.29, 0.717) is 12.2 Å². The zero-order valence-electron chi connectivity index (χ0n) is 9.88. The molecule has 0 bridgehead atoms. The summed E-state index contributed by atoms with van der Waals surface area (Å²) in [6, 6.07) is 10.1. The molecule has 0 radical (unpaired) electrons. The molecule has 0 amide bonds. The van der Waals surface area contributed by atoms with Crippen LogP contribution in [0.2, 0.25) is 0 Å². The third-order valence-electron chi connectivity index (χ3n) is 2.42. The van der Waals surface area contributed by atoms with Gasteiger partial charge in [-0.25, -0.2) is 13.6 Å². The summed E-state index contributed by atoms with van der Waals surface area (Å²) in [5.74, 6) is 0. The summed E-state index contributed by atoms with van der Waals surface area (Å²) in [6.45, 7) is 0.501. The fourth-order valence-electron chi connectivity index (χ4n) is 1.49. The highest BCUT2D eigenvalue weighted by atomic mass is 79.9. The number of benzene rings is 1. The van der Waals surface area contributed by atoms with Crippen LogP contribution in [0.5, 0.6) is 0 Å². The number of hydrogen-bond donors (Lipinski definition) is 2. The number of aromatic nitrogens is 1. The maximum atomic E-state index is 11.2. The molecule has 1 aromatic carbocycles. The molecule has 100 valence electrons. The Balaban J connectivity index is 2.10. The molecule has 19 heavy (non-hydrogen) atoms. The third kappa shape index (κ3) is 4.02. The van der Waals surface area contributed by atoms with E-state index in [9.17, 15) is 8.42 Å². The Morgan fingerprint density at radius 1 is 1.26 bits per heavy atom. The number of pyridine rings is 1. The highest BCUT2D eigenvalue weighted by Gasteiger charge is 2.07. The third-order valence-corrected chi connectivity index (χ3v) is 3.80. The highest BCUT2D eigenvalue weighted by molar-refractivity contribution is 9.10. The maximum Gasteiger partial charge on any atom is 0.238 e. The lowest BCUT2D eigenvalue weighted by molar-refractivity contribution is 0.598. The molecule has 0 saturated carbocycles. The largest absolute Gasteiger partial charge is 0.379 e. The van der Waals surface area contributed by atoms with Crippen molar-refractivity contribution in [2.24, 2.45) is 5.14 Å². The number of anilines is 1. The Labute approximate surface area is 120 Å². The minimum atomic E-state index is -3.68. The predicted octanol–water partition coefficient (Wildman–Crippen LogP) is 2.10. The second kappa shape index (κ2) is 5.68. The number of rotatable bonds is 4. The molecule has 1 heterocycles. The van der Waals surface area contributed by atoms with E-state index in [0.717, 1.165) is 10.2 Å². The van der Waals surface area contributed by atoms with Crippen molar-refractivity contribution >= 4 is 31.6 Å². The van der Waals surface area contributed by atoms with E-state index < -0.39 is 10.0 Å². The monoisotopic (exact) mass is 341 g/mol. The summed E-state index contributed by atoms with van der Waals surface area (Å²) < 4.78 is 23.4. The number of hydrogen-bond acceptors (Lipinski definition) is 4. The summed E-state index contributed by atoms with van der Waals surface area (Å²) in [7, 11) is -3.68. The molecule has 7 heteroatoms. The smallest absolute Gasteiger partial charge is 0.238 e. The number of nitrogens with zero attached hydrogens (tertiary/aromatic N) is 1. The molecule has 2 rings (SSSR count). The van der Waals surface area contributed by atoms with Crippen LogP contribution in [0.15, 0.2) is 52.0 Å². The van der Waals surface area contributed by atoms with E-state index >= 15 is 0 Å². The summed E-state index contributed by atoms with van der Waals surface area (Å²) >= 11 is 3.31. The topological polar surface area (TPSA) is 85.1 Å². The second-order valence-corrected chi connectivity index (χ2v) is 6.37. The van der Waals surface area contributed by atoms with Crippen LogP contribution in [-0.4, -0.2) is 13.4 Å². The summed E-state index contributed by atoms with van der Waals surface area (Å²) in [5.41, 5.74) is 1.53. The molecular formula is C12H12BrN3O2S. The van der Waals surface area contributed by atoms with Crippen LogP contribution in [0, 0.1) is 0 Å². The van der Waals surface area contributed by atoms with E-state index in [-0.39, 0.29) is 4.90 Å². The zero-order chi connectivity index (χ0) is 13.9. The van der Waals surface area contributed by atoms with Crippen molar-refractivity contribution in [3.8, 4) is 0 Å². The lowest BCUT2D eigenvalue weighted by atomic mass is 10.3. The van der Waals surface area contributed by atoms with Crippen LogP contribution in [-0.2, 0) is 16.6 Å². The van der Waals surface area contributed by atoms with Crippen molar-refractivity contribution in [2.45, 2.75) is 11.4 Å².